The van der Waals surface area contributed by atoms with Crippen LogP contribution < -0.4 is 14.2 Å². The number of alkyl halides is 5. The van der Waals surface area contributed by atoms with Gasteiger partial charge in [0.2, 0.25) is 0 Å². The predicted octanol–water partition coefficient (Wildman–Crippen LogP) is 5.66. The van der Waals surface area contributed by atoms with Gasteiger partial charge in [-0.25, -0.2) is 0 Å². The number of hydrogen-bond donors (Lipinski definition) is 1. The van der Waals surface area contributed by atoms with Crippen LogP contribution in [-0.4, -0.2) is 97.6 Å². The highest BCUT2D eigenvalue weighted by Crippen LogP contribution is 2.39. The lowest BCUT2D eigenvalue weighted by atomic mass is 10.3. The first-order valence-electron chi connectivity index (χ1n) is 14.3. The summed E-state index contributed by atoms with van der Waals surface area (Å²) in [6.45, 7) is 3.07. The van der Waals surface area contributed by atoms with E-state index >= 15 is 0 Å². The Labute approximate surface area is 278 Å². The summed E-state index contributed by atoms with van der Waals surface area (Å²) in [5.41, 5.74) is 0. The first kappa shape index (κ1) is 39.3. The third kappa shape index (κ3) is 11.7. The Morgan fingerprint density at radius 3 is 1.29 bits per heavy atom. The molecule has 0 saturated heterocycles. The molecular weight excluding hydrogens is 691 g/mol. The van der Waals surface area contributed by atoms with E-state index in [9.17, 15) is 30.4 Å². The largest absolute Gasteiger partial charge is 0.491 e. The van der Waals surface area contributed by atoms with Crippen LogP contribution in [0.2, 0.25) is 0 Å². The standard InChI is InChI=1S/C31H35F5O10S2/c1-40-15-17-42-19-21-44-23-3-9-26(10-4-23)47(27-11-5-24(6-12-27)45-22-20-43-18-16-41-2)28-13-7-25(8-14-28)46-29(30(32,33)34)31(35,36)48(37,38)39/h3-14,29H,15-22H2,1-2H3/p+1. The van der Waals surface area contributed by atoms with Crippen molar-refractivity contribution in [3.05, 3.63) is 72.8 Å². The second-order valence-electron chi connectivity index (χ2n) is 9.70. The summed E-state index contributed by atoms with van der Waals surface area (Å²) in [5, 5.41) is -5.66. The molecule has 48 heavy (non-hydrogen) atoms. The van der Waals surface area contributed by atoms with Crippen molar-refractivity contribution >= 4 is 21.0 Å². The molecule has 17 heteroatoms. The van der Waals surface area contributed by atoms with Crippen LogP contribution in [0.3, 0.4) is 0 Å². The van der Waals surface area contributed by atoms with Crippen LogP contribution in [0, 0.1) is 0 Å². The van der Waals surface area contributed by atoms with Gasteiger partial charge in [0.05, 0.1) is 50.5 Å². The second kappa shape index (κ2) is 18.5. The average molecular weight is 728 g/mol. The Morgan fingerprint density at radius 1 is 0.604 bits per heavy atom. The molecule has 3 aromatic carbocycles. The number of halogens is 5. The zero-order valence-electron chi connectivity index (χ0n) is 26.0. The van der Waals surface area contributed by atoms with E-state index in [2.05, 4.69) is 4.74 Å². The van der Waals surface area contributed by atoms with E-state index in [1.54, 1.807) is 38.5 Å². The highest BCUT2D eigenvalue weighted by molar-refractivity contribution is 7.97. The summed E-state index contributed by atoms with van der Waals surface area (Å²) in [5.74, 6) is 0.438. The van der Waals surface area contributed by atoms with Gasteiger partial charge in [0.25, 0.3) is 6.10 Å². The zero-order chi connectivity index (χ0) is 35.2. The van der Waals surface area contributed by atoms with Crippen molar-refractivity contribution in [2.45, 2.75) is 32.2 Å². The molecule has 0 aliphatic rings. The number of ether oxygens (including phenoxy) is 7. The van der Waals surface area contributed by atoms with E-state index in [0.717, 1.165) is 21.9 Å². The van der Waals surface area contributed by atoms with Gasteiger partial charge >= 0.3 is 21.5 Å². The van der Waals surface area contributed by atoms with E-state index in [0.29, 0.717) is 69.2 Å². The SMILES string of the molecule is COCCOCCOc1ccc([S+](c2ccc(OCCOCCOC)cc2)c2ccc(OC(C(F)(F)F)C(F)(F)S(=O)(=O)O)cc2)cc1. The lowest BCUT2D eigenvalue weighted by Gasteiger charge is -2.26. The van der Waals surface area contributed by atoms with Gasteiger partial charge in [-0.15, -0.1) is 0 Å². The maximum absolute atomic E-state index is 14.1. The van der Waals surface area contributed by atoms with Gasteiger partial charge in [-0.05, 0) is 72.8 Å². The molecular formula is C31H36F5O10S2+. The topological polar surface area (TPSA) is 119 Å². The van der Waals surface area contributed by atoms with E-state index in [1.165, 1.54) is 12.1 Å². The van der Waals surface area contributed by atoms with Crippen LogP contribution in [0.1, 0.15) is 0 Å². The summed E-state index contributed by atoms with van der Waals surface area (Å²) in [6.07, 6.45) is -9.98. The number of methoxy groups -OCH3 is 2. The lowest BCUT2D eigenvalue weighted by Crippen LogP contribution is -2.53. The highest BCUT2D eigenvalue weighted by atomic mass is 32.2. The minimum atomic E-state index is -6.45. The van der Waals surface area contributed by atoms with Crippen LogP contribution in [0.25, 0.3) is 0 Å². The molecule has 3 rings (SSSR count). The maximum atomic E-state index is 14.1. The number of rotatable bonds is 21. The Kier molecular flexibility index (Phi) is 15.2. The van der Waals surface area contributed by atoms with Gasteiger partial charge in [0.15, 0.2) is 14.7 Å². The molecule has 3 aromatic rings. The van der Waals surface area contributed by atoms with E-state index < -0.39 is 44.3 Å². The van der Waals surface area contributed by atoms with Crippen molar-refractivity contribution < 1.29 is 68.1 Å². The summed E-state index contributed by atoms with van der Waals surface area (Å²) in [4.78, 5) is 2.12. The fourth-order valence-corrected chi connectivity index (χ4v) is 6.42. The Balaban J connectivity index is 1.84. The Hall–Kier alpha value is -3.19. The van der Waals surface area contributed by atoms with Gasteiger partial charge in [-0.1, -0.05) is 0 Å². The third-order valence-corrected chi connectivity index (χ3v) is 9.37. The molecule has 0 amide bonds. The minimum Gasteiger partial charge on any atom is -0.491 e. The van der Waals surface area contributed by atoms with E-state index in [1.807, 2.05) is 24.3 Å². The third-order valence-electron chi connectivity index (χ3n) is 6.24. The molecule has 0 aliphatic heterocycles. The van der Waals surface area contributed by atoms with Crippen molar-refractivity contribution in [2.75, 3.05) is 67.1 Å². The molecule has 0 heterocycles. The molecule has 1 unspecified atom stereocenters. The van der Waals surface area contributed by atoms with Gasteiger partial charge in [-0.2, -0.15) is 30.4 Å². The Morgan fingerprint density at radius 2 is 0.958 bits per heavy atom. The van der Waals surface area contributed by atoms with Crippen molar-refractivity contribution in [1.82, 2.24) is 0 Å². The average Bonchev–Trinajstić information content (AvgIpc) is 3.04. The summed E-state index contributed by atoms with van der Waals surface area (Å²) < 4.78 is 136. The van der Waals surface area contributed by atoms with Crippen molar-refractivity contribution in [2.24, 2.45) is 0 Å². The predicted molar refractivity (Wildman–Crippen MR) is 165 cm³/mol. The van der Waals surface area contributed by atoms with Crippen molar-refractivity contribution in [3.63, 3.8) is 0 Å². The monoisotopic (exact) mass is 727 g/mol. The van der Waals surface area contributed by atoms with Crippen LogP contribution in [-0.2, 0) is 40.0 Å². The second-order valence-corrected chi connectivity index (χ2v) is 13.2. The quantitative estimate of drug-likeness (QED) is 0.0638. The summed E-state index contributed by atoms with van der Waals surface area (Å²) >= 11 is 0. The molecule has 0 aliphatic carbocycles. The van der Waals surface area contributed by atoms with Crippen LogP contribution in [0.15, 0.2) is 87.5 Å². The minimum absolute atomic E-state index is 0.296. The van der Waals surface area contributed by atoms with Crippen molar-refractivity contribution in [3.8, 4) is 17.2 Å². The molecule has 0 radical (unpaired) electrons. The highest BCUT2D eigenvalue weighted by Gasteiger charge is 2.65. The lowest BCUT2D eigenvalue weighted by molar-refractivity contribution is -0.239. The number of hydrogen-bond acceptors (Lipinski definition) is 9. The van der Waals surface area contributed by atoms with Crippen LogP contribution in [0.4, 0.5) is 22.0 Å². The van der Waals surface area contributed by atoms with Gasteiger partial charge in [0, 0.05) is 14.2 Å². The van der Waals surface area contributed by atoms with Crippen LogP contribution >= 0.6 is 0 Å². The molecule has 0 aromatic heterocycles. The fraction of sp³-hybridized carbons (Fsp3) is 0.419. The smallest absolute Gasteiger partial charge is 0.432 e. The molecule has 0 bridgehead atoms. The molecule has 1 atom stereocenters. The molecule has 1 N–H and O–H groups in total. The van der Waals surface area contributed by atoms with Crippen molar-refractivity contribution in [1.29, 1.82) is 0 Å². The first-order valence-corrected chi connectivity index (χ1v) is 17.0. The van der Waals surface area contributed by atoms with Gasteiger partial charge in [0.1, 0.15) is 30.5 Å². The zero-order valence-corrected chi connectivity index (χ0v) is 27.6. The van der Waals surface area contributed by atoms with Gasteiger partial charge < -0.3 is 33.2 Å². The molecule has 0 saturated carbocycles. The fourth-order valence-electron chi connectivity index (χ4n) is 3.93. The maximum Gasteiger partial charge on any atom is 0.432 e. The molecule has 266 valence electrons. The first-order chi connectivity index (χ1) is 22.8. The number of benzene rings is 3. The molecule has 0 fully saturated rings. The van der Waals surface area contributed by atoms with Gasteiger partial charge in [-0.3, -0.25) is 4.55 Å². The normalized spacial score (nSPS) is 13.0. The Bertz CT molecular complexity index is 1410. The molecule has 10 nitrogen and oxygen atoms in total. The van der Waals surface area contributed by atoms with E-state index in [4.69, 9.17) is 33.0 Å². The molecule has 0 spiro atoms. The van der Waals surface area contributed by atoms with E-state index in [-0.39, 0.29) is 0 Å². The summed E-state index contributed by atoms with van der Waals surface area (Å²) in [6, 6.07) is 19.0. The van der Waals surface area contributed by atoms with Crippen LogP contribution in [0.5, 0.6) is 17.2 Å². The summed E-state index contributed by atoms with van der Waals surface area (Å²) in [7, 11) is -4.18.